The molecule has 0 bridgehead atoms. The molecule has 3 rings (SSSR count). The minimum atomic E-state index is -0.752. The Morgan fingerprint density at radius 3 is 2.39 bits per heavy atom. The monoisotopic (exact) mass is 422 g/mol. The van der Waals surface area contributed by atoms with E-state index in [1.165, 1.54) is 34.4 Å². The molecule has 166 valence electrons. The van der Waals surface area contributed by atoms with Crippen molar-refractivity contribution in [1.29, 1.82) is 0 Å². The van der Waals surface area contributed by atoms with Crippen molar-refractivity contribution in [2.75, 3.05) is 6.54 Å². The van der Waals surface area contributed by atoms with Crippen LogP contribution in [0, 0.1) is 6.92 Å². The molecular weight excluding hydrogens is 388 g/mol. The molecule has 2 atom stereocenters. The van der Waals surface area contributed by atoms with Gasteiger partial charge in [0.15, 0.2) is 0 Å². The van der Waals surface area contributed by atoms with Gasteiger partial charge in [0.25, 0.3) is 0 Å². The number of hydrogen-bond acceptors (Lipinski definition) is 4. The summed E-state index contributed by atoms with van der Waals surface area (Å²) in [5.41, 5.74) is 6.28. The van der Waals surface area contributed by atoms with Crippen LogP contribution in [-0.4, -0.2) is 27.8 Å². The molecule has 0 amide bonds. The SMILES string of the molecule is CCc1cc(C)c(CC(CC)NC[C@H](O)c2ccc(O)c3[nH]c(=O)ccc23)cc1CC. The standard InChI is InChI=1S/C26H34N2O3/c1-5-17-12-16(4)19(13-18(17)6-2)14-20(7-3)27-15-24(30)21-8-10-23(29)26-22(21)9-11-25(31)28-26/h8-13,20,24,27,29-30H,5-7,14-15H2,1-4H3,(H,28,31)/t20?,24-/m0/s1. The van der Waals surface area contributed by atoms with Crippen LogP contribution in [-0.2, 0) is 19.3 Å². The average Bonchev–Trinajstić information content (AvgIpc) is 2.77. The number of aromatic nitrogens is 1. The van der Waals surface area contributed by atoms with E-state index in [1.54, 1.807) is 12.1 Å². The van der Waals surface area contributed by atoms with Crippen LogP contribution in [0.5, 0.6) is 5.75 Å². The maximum absolute atomic E-state index is 11.6. The van der Waals surface area contributed by atoms with Crippen LogP contribution >= 0.6 is 0 Å². The molecule has 1 unspecified atom stereocenters. The first-order valence-electron chi connectivity index (χ1n) is 11.2. The lowest BCUT2D eigenvalue weighted by molar-refractivity contribution is 0.170. The Labute approximate surface area is 184 Å². The van der Waals surface area contributed by atoms with E-state index in [2.05, 4.69) is 50.1 Å². The topological polar surface area (TPSA) is 85.3 Å². The zero-order valence-corrected chi connectivity index (χ0v) is 19.0. The molecule has 0 aliphatic rings. The van der Waals surface area contributed by atoms with Crippen LogP contribution < -0.4 is 10.9 Å². The number of H-pyrrole nitrogens is 1. The summed E-state index contributed by atoms with van der Waals surface area (Å²) in [7, 11) is 0. The summed E-state index contributed by atoms with van der Waals surface area (Å²) in [5.74, 6) is 0.000716. The molecule has 0 fully saturated rings. The van der Waals surface area contributed by atoms with Crippen molar-refractivity contribution in [3.05, 3.63) is 74.6 Å². The van der Waals surface area contributed by atoms with E-state index in [-0.39, 0.29) is 17.4 Å². The number of phenols is 1. The van der Waals surface area contributed by atoms with Gasteiger partial charge in [-0.3, -0.25) is 4.79 Å². The third-order valence-electron chi connectivity index (χ3n) is 6.24. The first-order valence-corrected chi connectivity index (χ1v) is 11.2. The quantitative estimate of drug-likeness (QED) is 0.414. The number of pyridine rings is 1. The lowest BCUT2D eigenvalue weighted by Gasteiger charge is -2.22. The van der Waals surface area contributed by atoms with Gasteiger partial charge in [-0.2, -0.15) is 0 Å². The fraction of sp³-hybridized carbons (Fsp3) is 0.423. The molecule has 3 aromatic rings. The summed E-state index contributed by atoms with van der Waals surface area (Å²) in [5, 5.41) is 25.1. The van der Waals surface area contributed by atoms with Crippen LogP contribution in [0.25, 0.3) is 10.9 Å². The van der Waals surface area contributed by atoms with Gasteiger partial charge in [-0.25, -0.2) is 0 Å². The highest BCUT2D eigenvalue weighted by Crippen LogP contribution is 2.28. The minimum absolute atomic E-state index is 0.000716. The van der Waals surface area contributed by atoms with Crippen molar-refractivity contribution in [3.8, 4) is 5.75 Å². The second-order valence-corrected chi connectivity index (χ2v) is 8.27. The van der Waals surface area contributed by atoms with Gasteiger partial charge < -0.3 is 20.5 Å². The third-order valence-corrected chi connectivity index (χ3v) is 6.24. The Bertz CT molecular complexity index is 1100. The number of fused-ring (bicyclic) bond motifs is 1. The highest BCUT2D eigenvalue weighted by atomic mass is 16.3. The van der Waals surface area contributed by atoms with Crippen molar-refractivity contribution < 1.29 is 10.2 Å². The summed E-state index contributed by atoms with van der Waals surface area (Å²) in [4.78, 5) is 14.3. The summed E-state index contributed by atoms with van der Waals surface area (Å²) < 4.78 is 0. The van der Waals surface area contributed by atoms with Gasteiger partial charge >= 0.3 is 0 Å². The molecule has 0 spiro atoms. The van der Waals surface area contributed by atoms with Gasteiger partial charge in [0.2, 0.25) is 5.56 Å². The molecule has 0 radical (unpaired) electrons. The van der Waals surface area contributed by atoms with Gasteiger partial charge in [0, 0.05) is 24.0 Å². The number of aromatic amines is 1. The fourth-order valence-corrected chi connectivity index (χ4v) is 4.31. The van der Waals surface area contributed by atoms with Crippen molar-refractivity contribution in [1.82, 2.24) is 10.3 Å². The second kappa shape index (κ2) is 10.1. The number of aliphatic hydroxyl groups excluding tert-OH is 1. The van der Waals surface area contributed by atoms with Gasteiger partial charge in [-0.1, -0.05) is 39.0 Å². The van der Waals surface area contributed by atoms with Gasteiger partial charge in [0.1, 0.15) is 5.75 Å². The Morgan fingerprint density at radius 1 is 1.00 bits per heavy atom. The molecule has 1 heterocycles. The van der Waals surface area contributed by atoms with Crippen molar-refractivity contribution >= 4 is 10.9 Å². The molecule has 5 nitrogen and oxygen atoms in total. The van der Waals surface area contributed by atoms with E-state index in [0.29, 0.717) is 23.0 Å². The zero-order valence-electron chi connectivity index (χ0n) is 19.0. The largest absolute Gasteiger partial charge is 0.506 e. The predicted molar refractivity (Wildman–Crippen MR) is 127 cm³/mol. The van der Waals surface area contributed by atoms with Crippen LogP contribution in [0.15, 0.2) is 41.2 Å². The molecule has 31 heavy (non-hydrogen) atoms. The Kier molecular flexibility index (Phi) is 7.52. The lowest BCUT2D eigenvalue weighted by atomic mass is 9.92. The van der Waals surface area contributed by atoms with E-state index >= 15 is 0 Å². The van der Waals surface area contributed by atoms with Crippen molar-refractivity contribution in [2.24, 2.45) is 0 Å². The normalized spacial score (nSPS) is 13.5. The van der Waals surface area contributed by atoms with Crippen LogP contribution in [0.3, 0.4) is 0 Å². The number of benzene rings is 2. The minimum Gasteiger partial charge on any atom is -0.506 e. The van der Waals surface area contributed by atoms with Crippen LogP contribution in [0.4, 0.5) is 0 Å². The maximum Gasteiger partial charge on any atom is 0.248 e. The summed E-state index contributed by atoms with van der Waals surface area (Å²) in [6, 6.07) is 11.2. The van der Waals surface area contributed by atoms with Gasteiger partial charge in [-0.05, 0) is 72.6 Å². The van der Waals surface area contributed by atoms with Gasteiger partial charge in [0.05, 0.1) is 11.6 Å². The maximum atomic E-state index is 11.6. The zero-order chi connectivity index (χ0) is 22.5. The molecular formula is C26H34N2O3. The van der Waals surface area contributed by atoms with E-state index in [0.717, 1.165) is 25.7 Å². The number of hydrogen-bond donors (Lipinski definition) is 4. The summed E-state index contributed by atoms with van der Waals surface area (Å²) >= 11 is 0. The van der Waals surface area contributed by atoms with Crippen molar-refractivity contribution in [3.63, 3.8) is 0 Å². The van der Waals surface area contributed by atoms with Crippen LogP contribution in [0.1, 0.15) is 61.1 Å². The second-order valence-electron chi connectivity index (χ2n) is 8.27. The fourth-order valence-electron chi connectivity index (χ4n) is 4.31. The molecule has 2 aromatic carbocycles. The summed E-state index contributed by atoms with van der Waals surface area (Å²) in [6.45, 7) is 9.13. The summed E-state index contributed by atoms with van der Waals surface area (Å²) in [6.07, 6.45) is 3.20. The number of nitrogens with one attached hydrogen (secondary N) is 2. The number of aryl methyl sites for hydroxylation is 3. The first kappa shape index (κ1) is 23.0. The lowest BCUT2D eigenvalue weighted by Crippen LogP contribution is -2.34. The van der Waals surface area contributed by atoms with E-state index in [9.17, 15) is 15.0 Å². The highest BCUT2D eigenvalue weighted by molar-refractivity contribution is 5.87. The highest BCUT2D eigenvalue weighted by Gasteiger charge is 2.17. The molecule has 0 aliphatic carbocycles. The smallest absolute Gasteiger partial charge is 0.248 e. The van der Waals surface area contributed by atoms with E-state index < -0.39 is 6.10 Å². The van der Waals surface area contributed by atoms with Crippen LogP contribution in [0.2, 0.25) is 0 Å². The molecule has 0 saturated heterocycles. The van der Waals surface area contributed by atoms with E-state index in [1.807, 2.05) is 0 Å². The number of aromatic hydroxyl groups is 1. The average molecular weight is 423 g/mol. The molecule has 5 heteroatoms. The number of phenolic OH excluding ortho intramolecular Hbond substituents is 1. The van der Waals surface area contributed by atoms with E-state index in [4.69, 9.17) is 0 Å². The Hall–Kier alpha value is -2.63. The Balaban J connectivity index is 1.75. The molecule has 1 aromatic heterocycles. The molecule has 0 aliphatic heterocycles. The molecule has 0 saturated carbocycles. The number of rotatable bonds is 9. The third kappa shape index (κ3) is 5.17. The molecule has 4 N–H and O–H groups in total. The first-order chi connectivity index (χ1) is 14.9. The van der Waals surface area contributed by atoms with Crippen molar-refractivity contribution in [2.45, 2.75) is 65.5 Å². The Morgan fingerprint density at radius 2 is 1.71 bits per heavy atom. The predicted octanol–water partition coefficient (Wildman–Crippen LogP) is 4.31. The number of aliphatic hydroxyl groups is 1. The van der Waals surface area contributed by atoms with Gasteiger partial charge in [-0.15, -0.1) is 0 Å².